The molecule has 0 aromatic carbocycles. The third-order valence-electron chi connectivity index (χ3n) is 2.34. The van der Waals surface area contributed by atoms with E-state index in [1.165, 1.54) is 5.57 Å². The lowest BCUT2D eigenvalue weighted by molar-refractivity contribution is 0.351. The Morgan fingerprint density at radius 1 is 1.50 bits per heavy atom. The first-order chi connectivity index (χ1) is 8.26. The summed E-state index contributed by atoms with van der Waals surface area (Å²) in [6.45, 7) is 15.1. The lowest BCUT2D eigenvalue weighted by Crippen LogP contribution is -2.35. The second-order valence-corrected chi connectivity index (χ2v) is 6.91. The molecule has 4 heteroatoms. The highest BCUT2D eigenvalue weighted by Gasteiger charge is 2.10. The summed E-state index contributed by atoms with van der Waals surface area (Å²) in [4.78, 5) is 6.88. The molecule has 1 aromatic rings. The lowest BCUT2D eigenvalue weighted by atomic mass is 10.1. The predicted octanol–water partition coefficient (Wildman–Crippen LogP) is 3.04. The maximum absolute atomic E-state index is 4.65. The fourth-order valence-electron chi connectivity index (χ4n) is 1.64. The number of hydrogen-bond acceptors (Lipinski definition) is 4. The van der Waals surface area contributed by atoms with Crippen LogP contribution in [0, 0.1) is 0 Å². The highest BCUT2D eigenvalue weighted by Crippen LogP contribution is 2.13. The number of nitrogens with one attached hydrogen (secondary N) is 1. The fourth-order valence-corrected chi connectivity index (χ4v) is 2.36. The number of thiazole rings is 1. The van der Waals surface area contributed by atoms with E-state index in [0.717, 1.165) is 30.3 Å². The van der Waals surface area contributed by atoms with Crippen LogP contribution >= 0.6 is 11.3 Å². The Labute approximate surface area is 115 Å². The quantitative estimate of drug-likeness (QED) is 0.803. The van der Waals surface area contributed by atoms with Crippen LogP contribution in [0.5, 0.6) is 0 Å². The van der Waals surface area contributed by atoms with E-state index in [0.29, 0.717) is 0 Å². The molecule has 0 saturated carbocycles. The molecule has 0 atom stereocenters. The van der Waals surface area contributed by atoms with Crippen molar-refractivity contribution in [2.24, 2.45) is 0 Å². The largest absolute Gasteiger partial charge is 0.306 e. The summed E-state index contributed by atoms with van der Waals surface area (Å²) in [6.07, 6.45) is 0. The summed E-state index contributed by atoms with van der Waals surface area (Å²) >= 11 is 1.73. The molecule has 18 heavy (non-hydrogen) atoms. The standard InChI is InChI=1S/C14H25N3S/c1-11(2)8-17(6)9-12-10-18-13(16-12)7-15-14(3,4)5/h10,15H,1,7-9H2,2-6H3. The minimum atomic E-state index is 0.141. The first kappa shape index (κ1) is 15.3. The number of nitrogens with zero attached hydrogens (tertiary/aromatic N) is 2. The Bertz CT molecular complexity index is 390. The van der Waals surface area contributed by atoms with E-state index in [1.807, 2.05) is 0 Å². The summed E-state index contributed by atoms with van der Waals surface area (Å²) in [5.74, 6) is 0. The summed E-state index contributed by atoms with van der Waals surface area (Å²) in [6, 6.07) is 0. The third kappa shape index (κ3) is 6.28. The van der Waals surface area contributed by atoms with Crippen molar-refractivity contribution in [3.8, 4) is 0 Å². The van der Waals surface area contributed by atoms with Crippen LogP contribution < -0.4 is 5.32 Å². The van der Waals surface area contributed by atoms with Gasteiger partial charge in [0.05, 0.1) is 5.69 Å². The van der Waals surface area contributed by atoms with Gasteiger partial charge < -0.3 is 5.32 Å². The van der Waals surface area contributed by atoms with E-state index in [2.05, 4.69) is 61.9 Å². The molecule has 0 saturated heterocycles. The fraction of sp³-hybridized carbons (Fsp3) is 0.643. The first-order valence-corrected chi connectivity index (χ1v) is 7.15. The Hall–Kier alpha value is -0.710. The topological polar surface area (TPSA) is 28.2 Å². The SMILES string of the molecule is C=C(C)CN(C)Cc1csc(CNC(C)(C)C)n1. The maximum atomic E-state index is 4.65. The van der Waals surface area contributed by atoms with Crippen LogP contribution in [0.2, 0.25) is 0 Å². The Morgan fingerprint density at radius 2 is 2.17 bits per heavy atom. The average Bonchev–Trinajstić information content (AvgIpc) is 2.60. The summed E-state index contributed by atoms with van der Waals surface area (Å²) in [5, 5.41) is 6.76. The zero-order valence-corrected chi connectivity index (χ0v) is 13.0. The number of hydrogen-bond donors (Lipinski definition) is 1. The maximum Gasteiger partial charge on any atom is 0.107 e. The zero-order valence-electron chi connectivity index (χ0n) is 12.2. The van der Waals surface area contributed by atoms with Gasteiger partial charge in [0.15, 0.2) is 0 Å². The van der Waals surface area contributed by atoms with E-state index in [-0.39, 0.29) is 5.54 Å². The molecule has 1 heterocycles. The number of aromatic nitrogens is 1. The van der Waals surface area contributed by atoms with E-state index >= 15 is 0 Å². The average molecular weight is 267 g/mol. The molecule has 1 N–H and O–H groups in total. The van der Waals surface area contributed by atoms with Crippen LogP contribution in [0.4, 0.5) is 0 Å². The van der Waals surface area contributed by atoms with Gasteiger partial charge in [-0.3, -0.25) is 4.90 Å². The molecular formula is C14H25N3S. The number of likely N-dealkylation sites (N-methyl/N-ethyl adjacent to an activating group) is 1. The second kappa shape index (κ2) is 6.45. The van der Waals surface area contributed by atoms with Crippen molar-refractivity contribution < 1.29 is 0 Å². The molecule has 0 unspecified atom stereocenters. The monoisotopic (exact) mass is 267 g/mol. The van der Waals surface area contributed by atoms with Crippen molar-refractivity contribution in [2.45, 2.75) is 46.3 Å². The minimum Gasteiger partial charge on any atom is -0.306 e. The van der Waals surface area contributed by atoms with Crippen LogP contribution in [0.1, 0.15) is 38.4 Å². The van der Waals surface area contributed by atoms with Crippen LogP contribution in [-0.2, 0) is 13.1 Å². The van der Waals surface area contributed by atoms with Gasteiger partial charge in [-0.15, -0.1) is 11.3 Å². The predicted molar refractivity (Wildman–Crippen MR) is 79.9 cm³/mol. The first-order valence-electron chi connectivity index (χ1n) is 6.27. The van der Waals surface area contributed by atoms with Gasteiger partial charge in [-0.25, -0.2) is 4.98 Å². The van der Waals surface area contributed by atoms with Gasteiger partial charge in [-0.2, -0.15) is 0 Å². The van der Waals surface area contributed by atoms with Crippen LogP contribution in [0.15, 0.2) is 17.5 Å². The Balaban J connectivity index is 2.45. The Morgan fingerprint density at radius 3 is 2.72 bits per heavy atom. The number of rotatable bonds is 6. The van der Waals surface area contributed by atoms with Crippen molar-refractivity contribution in [1.82, 2.24) is 15.2 Å². The second-order valence-electron chi connectivity index (χ2n) is 5.97. The molecule has 1 rings (SSSR count). The molecule has 0 amide bonds. The van der Waals surface area contributed by atoms with E-state index in [9.17, 15) is 0 Å². The Kier molecular flexibility index (Phi) is 5.50. The molecule has 3 nitrogen and oxygen atoms in total. The molecule has 0 aliphatic rings. The summed E-state index contributed by atoms with van der Waals surface area (Å²) in [5.41, 5.74) is 2.47. The van der Waals surface area contributed by atoms with E-state index in [4.69, 9.17) is 0 Å². The van der Waals surface area contributed by atoms with Gasteiger partial charge in [0.2, 0.25) is 0 Å². The van der Waals surface area contributed by atoms with Gasteiger partial charge in [-0.1, -0.05) is 12.2 Å². The smallest absolute Gasteiger partial charge is 0.107 e. The van der Waals surface area contributed by atoms with Gasteiger partial charge in [0.25, 0.3) is 0 Å². The minimum absolute atomic E-state index is 0.141. The molecule has 0 fully saturated rings. The molecule has 1 aromatic heterocycles. The molecule has 0 aliphatic carbocycles. The summed E-state index contributed by atoms with van der Waals surface area (Å²) in [7, 11) is 2.10. The molecule has 0 spiro atoms. The van der Waals surface area contributed by atoms with Crippen LogP contribution in [-0.4, -0.2) is 29.0 Å². The van der Waals surface area contributed by atoms with Crippen molar-refractivity contribution in [1.29, 1.82) is 0 Å². The van der Waals surface area contributed by atoms with Crippen LogP contribution in [0.25, 0.3) is 0 Å². The highest BCUT2D eigenvalue weighted by molar-refractivity contribution is 7.09. The van der Waals surface area contributed by atoms with Crippen molar-refractivity contribution in [3.63, 3.8) is 0 Å². The van der Waals surface area contributed by atoms with Gasteiger partial charge in [0.1, 0.15) is 5.01 Å². The van der Waals surface area contributed by atoms with Crippen molar-refractivity contribution in [2.75, 3.05) is 13.6 Å². The van der Waals surface area contributed by atoms with Gasteiger partial charge in [-0.05, 0) is 34.7 Å². The van der Waals surface area contributed by atoms with Crippen LogP contribution in [0.3, 0.4) is 0 Å². The molecule has 0 radical (unpaired) electrons. The van der Waals surface area contributed by atoms with E-state index < -0.39 is 0 Å². The van der Waals surface area contributed by atoms with Crippen molar-refractivity contribution >= 4 is 11.3 Å². The third-order valence-corrected chi connectivity index (χ3v) is 3.24. The lowest BCUT2D eigenvalue weighted by Gasteiger charge is -2.19. The normalized spacial score (nSPS) is 12.1. The highest BCUT2D eigenvalue weighted by atomic mass is 32.1. The van der Waals surface area contributed by atoms with E-state index in [1.54, 1.807) is 11.3 Å². The van der Waals surface area contributed by atoms with Crippen molar-refractivity contribution in [3.05, 3.63) is 28.2 Å². The van der Waals surface area contributed by atoms with Gasteiger partial charge >= 0.3 is 0 Å². The van der Waals surface area contributed by atoms with Gasteiger partial charge in [0, 0.05) is 30.6 Å². The molecule has 0 aliphatic heterocycles. The molecule has 0 bridgehead atoms. The molecule has 102 valence electrons. The summed E-state index contributed by atoms with van der Waals surface area (Å²) < 4.78 is 0. The zero-order chi connectivity index (χ0) is 13.8. The molecular weight excluding hydrogens is 242 g/mol.